The van der Waals surface area contributed by atoms with Crippen LogP contribution in [0.25, 0.3) is 0 Å². The van der Waals surface area contributed by atoms with Gasteiger partial charge in [-0.1, -0.05) is 0 Å². The Kier molecular flexibility index (Phi) is 3.26. The van der Waals surface area contributed by atoms with Gasteiger partial charge in [-0.2, -0.15) is 4.36 Å². The largest absolute Gasteiger partial charge is 0.250 e. The van der Waals surface area contributed by atoms with Crippen LogP contribution in [-0.4, -0.2) is 16.7 Å². The van der Waals surface area contributed by atoms with E-state index in [2.05, 4.69) is 20.3 Å². The fraction of sp³-hybridized carbons (Fsp3) is 0.250. The number of hydrogen-bond acceptors (Lipinski definition) is 2. The van der Waals surface area contributed by atoms with E-state index < -0.39 is 21.4 Å². The molecule has 0 aliphatic heterocycles. The van der Waals surface area contributed by atoms with E-state index in [9.17, 15) is 13.0 Å². The van der Waals surface area contributed by atoms with Crippen LogP contribution in [0.1, 0.15) is 0 Å². The zero-order chi connectivity index (χ0) is 10.9. The standard InChI is InChI=1S/C8H8BrF2NOS/c1-14(2,13)12-6-4-3-5(9)7(10)8(6)11/h3-4H,1-2H3. The second-order valence-corrected chi connectivity index (χ2v) is 6.37. The zero-order valence-corrected chi connectivity index (χ0v) is 9.95. The Hall–Kier alpha value is -0.490. The molecule has 6 heteroatoms. The van der Waals surface area contributed by atoms with Gasteiger partial charge in [0.1, 0.15) is 5.69 Å². The highest BCUT2D eigenvalue weighted by molar-refractivity contribution is 9.10. The van der Waals surface area contributed by atoms with Crippen molar-refractivity contribution in [3.63, 3.8) is 0 Å². The summed E-state index contributed by atoms with van der Waals surface area (Å²) in [4.78, 5) is 0. The normalized spacial score (nSPS) is 11.5. The van der Waals surface area contributed by atoms with Crippen LogP contribution >= 0.6 is 15.9 Å². The Balaban J connectivity index is 3.41. The monoisotopic (exact) mass is 283 g/mol. The molecule has 2 nitrogen and oxygen atoms in total. The van der Waals surface area contributed by atoms with Crippen LogP contribution in [0, 0.1) is 11.6 Å². The summed E-state index contributed by atoms with van der Waals surface area (Å²) in [5, 5.41) is 0. The first-order valence-electron chi connectivity index (χ1n) is 3.62. The van der Waals surface area contributed by atoms with Gasteiger partial charge in [0.2, 0.25) is 0 Å². The van der Waals surface area contributed by atoms with Gasteiger partial charge >= 0.3 is 0 Å². The maximum absolute atomic E-state index is 13.2. The number of nitrogens with zero attached hydrogens (tertiary/aromatic N) is 1. The molecule has 0 atom stereocenters. The molecule has 0 radical (unpaired) electrons. The van der Waals surface area contributed by atoms with Crippen molar-refractivity contribution in [2.24, 2.45) is 4.36 Å². The molecule has 0 amide bonds. The molecule has 14 heavy (non-hydrogen) atoms. The Labute approximate surface area is 89.6 Å². The van der Waals surface area contributed by atoms with Crippen molar-refractivity contribution in [1.29, 1.82) is 0 Å². The van der Waals surface area contributed by atoms with E-state index in [4.69, 9.17) is 0 Å². The third-order valence-corrected chi connectivity index (χ3v) is 2.58. The molecule has 1 rings (SSSR count). The zero-order valence-electron chi connectivity index (χ0n) is 7.55. The average Bonchev–Trinajstić information content (AvgIpc) is 2.04. The third kappa shape index (κ3) is 2.75. The lowest BCUT2D eigenvalue weighted by Crippen LogP contribution is -1.92. The number of halogens is 3. The molecule has 0 unspecified atom stereocenters. The van der Waals surface area contributed by atoms with Crippen LogP contribution in [-0.2, 0) is 9.73 Å². The third-order valence-electron chi connectivity index (χ3n) is 1.33. The Morgan fingerprint density at radius 3 is 2.36 bits per heavy atom. The molecule has 1 aromatic rings. The van der Waals surface area contributed by atoms with E-state index in [0.717, 1.165) is 0 Å². The smallest absolute Gasteiger partial charge is 0.186 e. The minimum absolute atomic E-state index is 0.0210. The maximum Gasteiger partial charge on any atom is 0.186 e. The average molecular weight is 284 g/mol. The number of rotatable bonds is 1. The van der Waals surface area contributed by atoms with Gasteiger partial charge < -0.3 is 0 Å². The molecule has 0 aliphatic carbocycles. The van der Waals surface area contributed by atoms with Gasteiger partial charge in [-0.05, 0) is 28.1 Å². The lowest BCUT2D eigenvalue weighted by atomic mass is 10.3. The van der Waals surface area contributed by atoms with E-state index in [-0.39, 0.29) is 10.2 Å². The van der Waals surface area contributed by atoms with Crippen molar-refractivity contribution in [1.82, 2.24) is 0 Å². The van der Waals surface area contributed by atoms with Gasteiger partial charge in [0, 0.05) is 22.2 Å². The lowest BCUT2D eigenvalue weighted by molar-refractivity contribution is 0.506. The van der Waals surface area contributed by atoms with Crippen molar-refractivity contribution in [3.05, 3.63) is 28.2 Å². The van der Waals surface area contributed by atoms with Crippen LogP contribution in [0.15, 0.2) is 21.0 Å². The molecule has 78 valence electrons. The first kappa shape index (κ1) is 11.6. The van der Waals surface area contributed by atoms with E-state index in [0.29, 0.717) is 0 Å². The van der Waals surface area contributed by atoms with Crippen LogP contribution in [0.2, 0.25) is 0 Å². The predicted molar refractivity (Wildman–Crippen MR) is 56.1 cm³/mol. The Morgan fingerprint density at radius 2 is 1.86 bits per heavy atom. The van der Waals surface area contributed by atoms with Gasteiger partial charge in [0.25, 0.3) is 0 Å². The molecule has 0 N–H and O–H groups in total. The van der Waals surface area contributed by atoms with Gasteiger partial charge in [-0.25, -0.2) is 13.0 Å². The minimum atomic E-state index is -2.48. The molecule has 0 aliphatic rings. The van der Waals surface area contributed by atoms with Gasteiger partial charge in [0.05, 0.1) is 4.47 Å². The van der Waals surface area contributed by atoms with Crippen molar-refractivity contribution < 1.29 is 13.0 Å². The molecular weight excluding hydrogens is 276 g/mol. The number of hydrogen-bond donors (Lipinski definition) is 0. The summed E-state index contributed by atoms with van der Waals surface area (Å²) in [5.41, 5.74) is -0.222. The van der Waals surface area contributed by atoms with Gasteiger partial charge in [-0.15, -0.1) is 0 Å². The fourth-order valence-corrected chi connectivity index (χ4v) is 1.74. The lowest BCUT2D eigenvalue weighted by Gasteiger charge is -2.01. The summed E-state index contributed by atoms with van der Waals surface area (Å²) in [7, 11) is -2.48. The summed E-state index contributed by atoms with van der Waals surface area (Å²) in [6.45, 7) is 0. The molecule has 0 saturated carbocycles. The highest BCUT2D eigenvalue weighted by Crippen LogP contribution is 2.26. The fourth-order valence-electron chi connectivity index (χ4n) is 0.823. The summed E-state index contributed by atoms with van der Waals surface area (Å²) in [6.07, 6.45) is 2.71. The van der Waals surface area contributed by atoms with Crippen molar-refractivity contribution in [2.75, 3.05) is 12.5 Å². The van der Waals surface area contributed by atoms with Crippen LogP contribution in [0.5, 0.6) is 0 Å². The Morgan fingerprint density at radius 1 is 1.29 bits per heavy atom. The van der Waals surface area contributed by atoms with E-state index in [1.807, 2.05) is 0 Å². The van der Waals surface area contributed by atoms with E-state index >= 15 is 0 Å². The van der Waals surface area contributed by atoms with Crippen LogP contribution in [0.4, 0.5) is 14.5 Å². The van der Waals surface area contributed by atoms with E-state index in [1.165, 1.54) is 24.6 Å². The van der Waals surface area contributed by atoms with Crippen molar-refractivity contribution in [3.8, 4) is 0 Å². The summed E-state index contributed by atoms with van der Waals surface area (Å²) in [5.74, 6) is -2.11. The molecule has 0 spiro atoms. The van der Waals surface area contributed by atoms with Gasteiger partial charge in [0.15, 0.2) is 11.6 Å². The predicted octanol–water partition coefficient (Wildman–Crippen LogP) is 3.09. The highest BCUT2D eigenvalue weighted by Gasteiger charge is 2.11. The summed E-state index contributed by atoms with van der Waals surface area (Å²) in [6, 6.07) is 2.59. The summed E-state index contributed by atoms with van der Waals surface area (Å²) < 4.78 is 41.0. The maximum atomic E-state index is 13.2. The van der Waals surface area contributed by atoms with Crippen LogP contribution in [0.3, 0.4) is 0 Å². The van der Waals surface area contributed by atoms with Crippen LogP contribution < -0.4 is 0 Å². The second-order valence-electron chi connectivity index (χ2n) is 2.97. The molecular formula is C8H8BrF2NOS. The first-order chi connectivity index (χ1) is 6.31. The quantitative estimate of drug-likeness (QED) is 0.729. The summed E-state index contributed by atoms with van der Waals surface area (Å²) >= 11 is 2.83. The van der Waals surface area contributed by atoms with Gasteiger partial charge in [-0.3, -0.25) is 0 Å². The minimum Gasteiger partial charge on any atom is -0.250 e. The highest BCUT2D eigenvalue weighted by atomic mass is 79.9. The molecule has 0 heterocycles. The van der Waals surface area contributed by atoms with E-state index in [1.54, 1.807) is 0 Å². The van der Waals surface area contributed by atoms with Crippen molar-refractivity contribution >= 4 is 31.3 Å². The topological polar surface area (TPSA) is 29.4 Å². The Bertz CT molecular complexity index is 472. The number of benzene rings is 1. The SMILES string of the molecule is CS(C)(=O)=Nc1ccc(Br)c(F)c1F. The first-order valence-corrected chi connectivity index (χ1v) is 6.74. The molecule has 0 aromatic heterocycles. The van der Waals surface area contributed by atoms with Crippen molar-refractivity contribution in [2.45, 2.75) is 0 Å². The molecule has 0 fully saturated rings. The molecule has 0 saturated heterocycles. The molecule has 1 aromatic carbocycles. The second kappa shape index (κ2) is 3.94. The molecule has 0 bridgehead atoms.